The minimum absolute atomic E-state index is 0.0362. The van der Waals surface area contributed by atoms with Gasteiger partial charge in [-0.3, -0.25) is 9.59 Å². The molecule has 1 aromatic carbocycles. The van der Waals surface area contributed by atoms with Crippen LogP contribution in [0.3, 0.4) is 0 Å². The van der Waals surface area contributed by atoms with Crippen LogP contribution in [0, 0.1) is 6.92 Å². The Kier molecular flexibility index (Phi) is 3.90. The lowest BCUT2D eigenvalue weighted by molar-refractivity contribution is -0.134. The van der Waals surface area contributed by atoms with Crippen LogP contribution in [-0.2, 0) is 11.3 Å². The molecule has 1 heterocycles. The zero-order valence-corrected chi connectivity index (χ0v) is 13.3. The van der Waals surface area contributed by atoms with Crippen molar-refractivity contribution in [3.63, 3.8) is 0 Å². The topological polar surface area (TPSA) is 53.2 Å². The first-order valence-electron chi connectivity index (χ1n) is 7.09. The van der Waals surface area contributed by atoms with E-state index in [1.54, 1.807) is 4.90 Å². The highest BCUT2D eigenvalue weighted by Gasteiger charge is 2.24. The SMILES string of the molecule is CC(=O)N(Cc1cc2ccc(C)cc2[nH]c1=O)C(C)(C)C. The molecule has 0 fully saturated rings. The van der Waals surface area contributed by atoms with Crippen LogP contribution < -0.4 is 5.56 Å². The molecule has 0 bridgehead atoms. The summed E-state index contributed by atoms with van der Waals surface area (Å²) in [6.45, 7) is 9.73. The Bertz CT molecular complexity index is 739. The van der Waals surface area contributed by atoms with Crippen LogP contribution >= 0.6 is 0 Å². The minimum Gasteiger partial charge on any atom is -0.334 e. The van der Waals surface area contributed by atoms with E-state index in [0.29, 0.717) is 12.1 Å². The van der Waals surface area contributed by atoms with Crippen LogP contribution in [0.5, 0.6) is 0 Å². The molecule has 0 radical (unpaired) electrons. The highest BCUT2D eigenvalue weighted by Crippen LogP contribution is 2.18. The summed E-state index contributed by atoms with van der Waals surface area (Å²) in [6, 6.07) is 7.82. The normalized spacial score (nSPS) is 11.7. The van der Waals surface area contributed by atoms with E-state index < -0.39 is 0 Å². The van der Waals surface area contributed by atoms with E-state index in [2.05, 4.69) is 4.98 Å². The molecule has 0 saturated carbocycles. The largest absolute Gasteiger partial charge is 0.334 e. The molecule has 0 aliphatic carbocycles. The number of fused-ring (bicyclic) bond motifs is 1. The van der Waals surface area contributed by atoms with Crippen molar-refractivity contribution in [3.05, 3.63) is 45.7 Å². The number of hydrogen-bond donors (Lipinski definition) is 1. The fraction of sp³-hybridized carbons (Fsp3) is 0.412. The second-order valence-electron chi connectivity index (χ2n) is 6.49. The summed E-state index contributed by atoms with van der Waals surface area (Å²) in [5, 5.41) is 0.979. The smallest absolute Gasteiger partial charge is 0.253 e. The van der Waals surface area contributed by atoms with Crippen LogP contribution in [0.25, 0.3) is 10.9 Å². The van der Waals surface area contributed by atoms with Crippen molar-refractivity contribution in [1.29, 1.82) is 0 Å². The van der Waals surface area contributed by atoms with E-state index in [1.807, 2.05) is 52.0 Å². The van der Waals surface area contributed by atoms with Crippen LogP contribution in [0.2, 0.25) is 0 Å². The van der Waals surface area contributed by atoms with Gasteiger partial charge in [0.2, 0.25) is 5.91 Å². The third-order valence-corrected chi connectivity index (χ3v) is 3.60. The minimum atomic E-state index is -0.319. The lowest BCUT2D eigenvalue weighted by Gasteiger charge is -2.34. The Labute approximate surface area is 124 Å². The third kappa shape index (κ3) is 3.32. The summed E-state index contributed by atoms with van der Waals surface area (Å²) in [5.41, 5.74) is 2.08. The van der Waals surface area contributed by atoms with Gasteiger partial charge in [0.1, 0.15) is 0 Å². The van der Waals surface area contributed by atoms with Gasteiger partial charge in [0.15, 0.2) is 0 Å². The summed E-state index contributed by atoms with van der Waals surface area (Å²) >= 11 is 0. The first kappa shape index (κ1) is 15.3. The van der Waals surface area contributed by atoms with Crippen molar-refractivity contribution < 1.29 is 4.79 Å². The lowest BCUT2D eigenvalue weighted by atomic mass is 10.0. The Morgan fingerprint density at radius 3 is 2.48 bits per heavy atom. The first-order valence-corrected chi connectivity index (χ1v) is 7.09. The first-order chi connectivity index (χ1) is 9.68. The number of pyridine rings is 1. The zero-order chi connectivity index (χ0) is 15.8. The molecule has 0 unspecified atom stereocenters. The molecule has 21 heavy (non-hydrogen) atoms. The van der Waals surface area contributed by atoms with Crippen LogP contribution in [0.4, 0.5) is 0 Å². The molecule has 2 aromatic rings. The molecule has 2 rings (SSSR count). The van der Waals surface area contributed by atoms with Crippen molar-refractivity contribution in [2.45, 2.75) is 46.7 Å². The van der Waals surface area contributed by atoms with E-state index in [4.69, 9.17) is 0 Å². The van der Waals surface area contributed by atoms with Gasteiger partial charge in [-0.05, 0) is 50.8 Å². The molecule has 112 valence electrons. The van der Waals surface area contributed by atoms with Gasteiger partial charge in [-0.2, -0.15) is 0 Å². The number of benzene rings is 1. The van der Waals surface area contributed by atoms with Gasteiger partial charge in [0.25, 0.3) is 5.56 Å². The standard InChI is InChI=1S/C17H22N2O2/c1-11-6-7-13-9-14(16(21)18-15(13)8-11)10-19(12(2)20)17(3,4)5/h6-9H,10H2,1-5H3,(H,18,21). The number of nitrogens with one attached hydrogen (secondary N) is 1. The van der Waals surface area contributed by atoms with Gasteiger partial charge in [-0.1, -0.05) is 12.1 Å². The van der Waals surface area contributed by atoms with Crippen molar-refractivity contribution in [3.8, 4) is 0 Å². The highest BCUT2D eigenvalue weighted by molar-refractivity contribution is 5.80. The molecule has 0 atom stereocenters. The predicted octanol–water partition coefficient (Wildman–Crippen LogP) is 2.98. The number of nitrogens with zero attached hydrogens (tertiary/aromatic N) is 1. The van der Waals surface area contributed by atoms with Gasteiger partial charge in [-0.15, -0.1) is 0 Å². The lowest BCUT2D eigenvalue weighted by Crippen LogP contribution is -2.44. The average Bonchev–Trinajstić information content (AvgIpc) is 2.34. The van der Waals surface area contributed by atoms with Crippen LogP contribution in [0.15, 0.2) is 29.1 Å². The maximum atomic E-state index is 12.2. The molecule has 0 aliphatic rings. The van der Waals surface area contributed by atoms with Crippen LogP contribution in [0.1, 0.15) is 38.8 Å². The van der Waals surface area contributed by atoms with Crippen LogP contribution in [-0.4, -0.2) is 21.3 Å². The molecule has 0 aliphatic heterocycles. The zero-order valence-electron chi connectivity index (χ0n) is 13.3. The fourth-order valence-electron chi connectivity index (χ4n) is 2.47. The number of amides is 1. The second-order valence-corrected chi connectivity index (χ2v) is 6.49. The van der Waals surface area contributed by atoms with Crippen molar-refractivity contribution in [2.75, 3.05) is 0 Å². The Hall–Kier alpha value is -2.10. The third-order valence-electron chi connectivity index (χ3n) is 3.60. The number of carbonyl (C=O) groups is 1. The van der Waals surface area contributed by atoms with E-state index >= 15 is 0 Å². The van der Waals surface area contributed by atoms with E-state index in [1.165, 1.54) is 6.92 Å². The molecule has 4 heteroatoms. The van der Waals surface area contributed by atoms with E-state index in [9.17, 15) is 9.59 Å². The Morgan fingerprint density at radius 1 is 1.24 bits per heavy atom. The van der Waals surface area contributed by atoms with E-state index in [0.717, 1.165) is 16.5 Å². The molecule has 1 N–H and O–H groups in total. The summed E-state index contributed by atoms with van der Waals surface area (Å²) in [4.78, 5) is 28.7. The number of carbonyl (C=O) groups excluding carboxylic acids is 1. The average molecular weight is 286 g/mol. The number of aromatic nitrogens is 1. The maximum Gasteiger partial charge on any atom is 0.253 e. The van der Waals surface area contributed by atoms with Gasteiger partial charge < -0.3 is 9.88 Å². The molecular formula is C17H22N2O2. The number of aromatic amines is 1. The fourth-order valence-corrected chi connectivity index (χ4v) is 2.47. The molecule has 1 aromatic heterocycles. The van der Waals surface area contributed by atoms with Gasteiger partial charge in [0, 0.05) is 23.5 Å². The van der Waals surface area contributed by atoms with Crippen molar-refractivity contribution in [2.24, 2.45) is 0 Å². The number of rotatable bonds is 2. The Balaban J connectivity index is 2.47. The molecule has 0 saturated heterocycles. The summed E-state index contributed by atoms with van der Waals surface area (Å²) in [5.74, 6) is -0.0362. The second kappa shape index (κ2) is 5.35. The van der Waals surface area contributed by atoms with Gasteiger partial charge in [-0.25, -0.2) is 0 Å². The van der Waals surface area contributed by atoms with Gasteiger partial charge in [0.05, 0.1) is 6.54 Å². The highest BCUT2D eigenvalue weighted by atomic mass is 16.2. The predicted molar refractivity (Wildman–Crippen MR) is 85.3 cm³/mol. The Morgan fingerprint density at radius 2 is 1.90 bits per heavy atom. The molecule has 1 amide bonds. The maximum absolute atomic E-state index is 12.2. The van der Waals surface area contributed by atoms with Gasteiger partial charge >= 0.3 is 0 Å². The molecule has 0 spiro atoms. The quantitative estimate of drug-likeness (QED) is 0.922. The van der Waals surface area contributed by atoms with Crippen molar-refractivity contribution >= 4 is 16.8 Å². The summed E-state index contributed by atoms with van der Waals surface area (Å²) < 4.78 is 0. The molecule has 4 nitrogen and oxygen atoms in total. The summed E-state index contributed by atoms with van der Waals surface area (Å²) in [7, 11) is 0. The van der Waals surface area contributed by atoms with E-state index in [-0.39, 0.29) is 17.0 Å². The van der Waals surface area contributed by atoms with Crippen molar-refractivity contribution in [1.82, 2.24) is 9.88 Å². The number of hydrogen-bond acceptors (Lipinski definition) is 2. The summed E-state index contributed by atoms with van der Waals surface area (Å²) in [6.07, 6.45) is 0. The monoisotopic (exact) mass is 286 g/mol. The number of H-pyrrole nitrogens is 1. The molecular weight excluding hydrogens is 264 g/mol. The number of aryl methyl sites for hydroxylation is 1.